The van der Waals surface area contributed by atoms with E-state index in [1.165, 1.54) is 0 Å². The molecule has 1 N–H and O–H groups in total. The first-order valence-electron chi connectivity index (χ1n) is 19.5. The van der Waals surface area contributed by atoms with Crippen LogP contribution in [0.15, 0.2) is 112 Å². The molecule has 290 valence electrons. The second kappa shape index (κ2) is 17.0. The van der Waals surface area contributed by atoms with Crippen molar-refractivity contribution in [3.8, 4) is 11.3 Å². The summed E-state index contributed by atoms with van der Waals surface area (Å²) in [6, 6.07) is 31.3. The van der Waals surface area contributed by atoms with E-state index in [9.17, 15) is 19.2 Å². The molecule has 2 fully saturated rings. The number of anilines is 1. The van der Waals surface area contributed by atoms with Crippen LogP contribution in [0.4, 0.5) is 5.69 Å². The summed E-state index contributed by atoms with van der Waals surface area (Å²) in [6.07, 6.45) is 3.07. The van der Waals surface area contributed by atoms with E-state index in [0.29, 0.717) is 43.0 Å². The fraction of sp³-hybridized carbons (Fsp3) is 0.348. The minimum Gasteiger partial charge on any atom is -0.455 e. The van der Waals surface area contributed by atoms with Gasteiger partial charge in [0.1, 0.15) is 23.4 Å². The van der Waals surface area contributed by atoms with Crippen LogP contribution in [0.25, 0.3) is 22.3 Å². The molecule has 2 saturated heterocycles. The Morgan fingerprint density at radius 2 is 1.39 bits per heavy atom. The number of likely N-dealkylation sites (N-methyl/N-ethyl adjacent to an activating group) is 1. The molecule has 9 nitrogen and oxygen atoms in total. The van der Waals surface area contributed by atoms with Crippen LogP contribution in [0.3, 0.4) is 0 Å². The molecule has 0 spiro atoms. The quantitative estimate of drug-likeness (QED) is 0.135. The lowest BCUT2D eigenvalue weighted by molar-refractivity contribution is -0.140. The van der Waals surface area contributed by atoms with Crippen molar-refractivity contribution in [2.24, 2.45) is 5.92 Å². The topological polar surface area (TPSA) is 103 Å². The molecule has 3 heterocycles. The lowest BCUT2D eigenvalue weighted by Crippen LogP contribution is -2.47. The van der Waals surface area contributed by atoms with Crippen molar-refractivity contribution in [2.45, 2.75) is 70.0 Å². The van der Waals surface area contributed by atoms with Gasteiger partial charge in [-0.15, -0.1) is 0 Å². The molecule has 3 amide bonds. The third-order valence-corrected chi connectivity index (χ3v) is 12.0. The first-order chi connectivity index (χ1) is 27.0. The summed E-state index contributed by atoms with van der Waals surface area (Å²) >= 11 is 3.76. The Balaban J connectivity index is 1.01. The van der Waals surface area contributed by atoms with Gasteiger partial charge in [-0.25, -0.2) is 0 Å². The van der Waals surface area contributed by atoms with Crippen molar-refractivity contribution in [1.29, 1.82) is 0 Å². The molecule has 10 heteroatoms. The SMILES string of the molecule is CC(C)[C@@H](C(=O)N1CCC[C@H]1C(=O)Cc1ccc2oc(-c3ccc(NC(=O)[C@@H]4CCCN4C(=O)[C@@H](c4ccccc4)N(C)C)cc3)c(Br)c2c1)c1ccccc1. The molecule has 0 radical (unpaired) electrons. The zero-order valence-corrected chi connectivity index (χ0v) is 34.0. The largest absolute Gasteiger partial charge is 0.455 e. The summed E-state index contributed by atoms with van der Waals surface area (Å²) in [5, 5.41) is 3.88. The van der Waals surface area contributed by atoms with Gasteiger partial charge in [-0.2, -0.15) is 0 Å². The van der Waals surface area contributed by atoms with E-state index in [4.69, 9.17) is 4.42 Å². The van der Waals surface area contributed by atoms with E-state index >= 15 is 0 Å². The minimum absolute atomic E-state index is 0.0258. The Morgan fingerprint density at radius 1 is 0.786 bits per heavy atom. The molecule has 4 aromatic carbocycles. The Labute approximate surface area is 337 Å². The first kappa shape index (κ1) is 39.2. The Morgan fingerprint density at radius 3 is 2.02 bits per heavy atom. The van der Waals surface area contributed by atoms with Gasteiger partial charge in [0, 0.05) is 36.1 Å². The van der Waals surface area contributed by atoms with Gasteiger partial charge in [-0.1, -0.05) is 80.6 Å². The number of carbonyl (C=O) groups is 4. The van der Waals surface area contributed by atoms with E-state index in [1.807, 2.05) is 127 Å². The number of ketones is 1. The molecular weight excluding hydrogens is 768 g/mol. The maximum Gasteiger partial charge on any atom is 0.247 e. The fourth-order valence-electron chi connectivity index (χ4n) is 8.43. The number of rotatable bonds is 12. The number of halogens is 1. The average Bonchev–Trinajstić information content (AvgIpc) is 3.96. The van der Waals surface area contributed by atoms with Crippen LogP contribution in [0, 0.1) is 5.92 Å². The molecule has 4 atom stereocenters. The molecule has 0 bridgehead atoms. The number of hydrogen-bond acceptors (Lipinski definition) is 6. The van der Waals surface area contributed by atoms with Crippen LogP contribution in [-0.2, 0) is 25.6 Å². The number of benzene rings is 4. The molecule has 5 aromatic rings. The summed E-state index contributed by atoms with van der Waals surface area (Å²) in [5.41, 5.74) is 4.86. The molecule has 0 unspecified atom stereocenters. The van der Waals surface area contributed by atoms with Crippen molar-refractivity contribution in [1.82, 2.24) is 14.7 Å². The van der Waals surface area contributed by atoms with E-state index < -0.39 is 18.1 Å². The van der Waals surface area contributed by atoms with Gasteiger partial charge in [0.05, 0.1) is 16.4 Å². The van der Waals surface area contributed by atoms with Gasteiger partial charge in [0.2, 0.25) is 17.7 Å². The highest BCUT2D eigenvalue weighted by Gasteiger charge is 2.40. The van der Waals surface area contributed by atoms with Crippen LogP contribution in [-0.4, -0.2) is 77.5 Å². The van der Waals surface area contributed by atoms with Gasteiger partial charge in [0.15, 0.2) is 5.78 Å². The van der Waals surface area contributed by atoms with E-state index in [2.05, 4.69) is 35.1 Å². The van der Waals surface area contributed by atoms with Crippen LogP contribution in [0.1, 0.15) is 68.2 Å². The molecule has 0 saturated carbocycles. The maximum absolute atomic E-state index is 13.9. The van der Waals surface area contributed by atoms with Crippen molar-refractivity contribution in [2.75, 3.05) is 32.5 Å². The summed E-state index contributed by atoms with van der Waals surface area (Å²) in [5.74, 6) is 0.236. The highest BCUT2D eigenvalue weighted by molar-refractivity contribution is 9.10. The number of fused-ring (bicyclic) bond motifs is 1. The van der Waals surface area contributed by atoms with Crippen molar-refractivity contribution in [3.05, 3.63) is 124 Å². The second-order valence-corrected chi connectivity index (χ2v) is 16.4. The maximum atomic E-state index is 13.9. The standard InChI is InChI=1S/C46H49BrN4O5/c1-29(2)40(31-13-7-5-8-14-31)45(54)50-25-11-17-36(50)38(52)28-30-19-24-39-35(27-30)41(47)43(56-39)33-20-22-34(23-21-33)48-44(53)37-18-12-26-51(37)46(55)42(49(3)4)32-15-9-6-10-16-32/h5-10,13-16,19-24,27,29,36-37,40,42H,11-12,17-18,25-26,28H2,1-4H3,(H,48,53)/t36-,37-,40+,42+/m0/s1. The third kappa shape index (κ3) is 8.09. The number of furan rings is 1. The average molecular weight is 818 g/mol. The minimum atomic E-state index is -0.553. The Kier molecular flexibility index (Phi) is 11.9. The van der Waals surface area contributed by atoms with Crippen LogP contribution >= 0.6 is 15.9 Å². The lowest BCUT2D eigenvalue weighted by Gasteiger charge is -2.31. The number of Topliss-reactive ketones (excluding diaryl/α,β-unsaturated/α-hetero) is 1. The van der Waals surface area contributed by atoms with Gasteiger partial charge in [0.25, 0.3) is 0 Å². The summed E-state index contributed by atoms with van der Waals surface area (Å²) < 4.78 is 7.06. The Hall–Kier alpha value is -5.06. The molecule has 7 rings (SSSR count). The number of hydrogen-bond donors (Lipinski definition) is 1. The van der Waals surface area contributed by atoms with E-state index in [1.54, 1.807) is 4.90 Å². The van der Waals surface area contributed by atoms with Crippen molar-refractivity contribution >= 4 is 56.1 Å². The smallest absolute Gasteiger partial charge is 0.247 e. The monoisotopic (exact) mass is 816 g/mol. The first-order valence-corrected chi connectivity index (χ1v) is 20.3. The molecule has 1 aromatic heterocycles. The van der Waals surface area contributed by atoms with Crippen molar-refractivity contribution < 1.29 is 23.6 Å². The number of amides is 3. The molecule has 56 heavy (non-hydrogen) atoms. The highest BCUT2D eigenvalue weighted by atomic mass is 79.9. The van der Waals surface area contributed by atoms with Gasteiger partial charge in [-0.05, 0) is 115 Å². The molecule has 0 aliphatic carbocycles. The van der Waals surface area contributed by atoms with E-state index in [0.717, 1.165) is 45.0 Å². The van der Waals surface area contributed by atoms with Gasteiger partial charge < -0.3 is 19.5 Å². The van der Waals surface area contributed by atoms with Gasteiger partial charge in [-0.3, -0.25) is 24.1 Å². The summed E-state index contributed by atoms with van der Waals surface area (Å²) in [6.45, 7) is 5.25. The normalized spacial score (nSPS) is 18.1. The zero-order chi connectivity index (χ0) is 39.5. The molecule has 2 aliphatic rings. The number of carbonyl (C=O) groups excluding carboxylic acids is 4. The second-order valence-electron chi connectivity index (χ2n) is 15.6. The third-order valence-electron chi connectivity index (χ3n) is 11.2. The summed E-state index contributed by atoms with van der Waals surface area (Å²) in [7, 11) is 3.76. The van der Waals surface area contributed by atoms with E-state index in [-0.39, 0.29) is 41.8 Å². The highest BCUT2D eigenvalue weighted by Crippen LogP contribution is 2.39. The summed E-state index contributed by atoms with van der Waals surface area (Å²) in [4.78, 5) is 60.4. The van der Waals surface area contributed by atoms with Crippen LogP contribution in [0.5, 0.6) is 0 Å². The molecular formula is C46H49BrN4O5. The van der Waals surface area contributed by atoms with Crippen LogP contribution in [0.2, 0.25) is 0 Å². The number of nitrogens with zero attached hydrogens (tertiary/aromatic N) is 3. The van der Waals surface area contributed by atoms with Gasteiger partial charge >= 0.3 is 0 Å². The predicted molar refractivity (Wildman–Crippen MR) is 223 cm³/mol. The predicted octanol–water partition coefficient (Wildman–Crippen LogP) is 8.64. The fourth-order valence-corrected chi connectivity index (χ4v) is 9.05. The van der Waals surface area contributed by atoms with Crippen molar-refractivity contribution in [3.63, 3.8) is 0 Å². The lowest BCUT2D eigenvalue weighted by atomic mass is 9.86. The Bertz CT molecular complexity index is 2200. The zero-order valence-electron chi connectivity index (χ0n) is 32.4. The molecule has 2 aliphatic heterocycles. The number of likely N-dealkylation sites (tertiary alicyclic amines) is 2. The number of nitrogens with one attached hydrogen (secondary N) is 1. The van der Waals surface area contributed by atoms with Crippen LogP contribution < -0.4 is 5.32 Å².